The van der Waals surface area contributed by atoms with Crippen LogP contribution >= 0.6 is 0 Å². The summed E-state index contributed by atoms with van der Waals surface area (Å²) in [6.07, 6.45) is 2.97. The number of nitrogens with two attached hydrogens (primary N) is 2. The molecule has 0 saturated carbocycles. The van der Waals surface area contributed by atoms with Crippen LogP contribution in [0.5, 0.6) is 0 Å². The van der Waals surface area contributed by atoms with E-state index in [4.69, 9.17) is 21.7 Å². The summed E-state index contributed by atoms with van der Waals surface area (Å²) in [5.74, 6) is 0.929. The van der Waals surface area contributed by atoms with E-state index in [0.29, 0.717) is 11.6 Å². The summed E-state index contributed by atoms with van der Waals surface area (Å²) in [5, 5.41) is 11.2. The summed E-state index contributed by atoms with van der Waals surface area (Å²) in [5.41, 5.74) is 19.5. The summed E-state index contributed by atoms with van der Waals surface area (Å²) in [7, 11) is 0. The molecular weight excluding hydrogens is 524 g/mol. The predicted octanol–water partition coefficient (Wildman–Crippen LogP) is 6.28. The van der Waals surface area contributed by atoms with Gasteiger partial charge in [0.2, 0.25) is 0 Å². The lowest BCUT2D eigenvalue weighted by atomic mass is 10.1. The van der Waals surface area contributed by atoms with Crippen molar-refractivity contribution in [2.24, 2.45) is 0 Å². The van der Waals surface area contributed by atoms with Crippen molar-refractivity contribution in [2.45, 2.75) is 66.5 Å². The smallest absolute Gasteiger partial charge is 0.164 e. The lowest BCUT2D eigenvalue weighted by molar-refractivity contribution is 0.366. The van der Waals surface area contributed by atoms with Crippen LogP contribution in [-0.2, 0) is 11.1 Å². The van der Waals surface area contributed by atoms with Crippen molar-refractivity contribution in [1.82, 2.24) is 39.5 Å². The van der Waals surface area contributed by atoms with Crippen LogP contribution in [0.15, 0.2) is 61.2 Å². The van der Waals surface area contributed by atoms with E-state index < -0.39 is 0 Å². The maximum absolute atomic E-state index is 6.08. The SMILES string of the molecule is Cc1ccc(-c2nn(C(C)(C)C)c3ncnc(N)c23)cc1.Cc1cccc(-c2nn(C(C)(C)C)c3ncnc(N)c23)c1. The highest BCUT2D eigenvalue weighted by molar-refractivity contribution is 5.99. The molecule has 0 radical (unpaired) electrons. The van der Waals surface area contributed by atoms with Gasteiger partial charge in [0.05, 0.1) is 21.9 Å². The molecule has 4 heterocycles. The van der Waals surface area contributed by atoms with Crippen LogP contribution < -0.4 is 11.5 Å². The Labute approximate surface area is 245 Å². The Bertz CT molecular complexity index is 1880. The third-order valence-corrected chi connectivity index (χ3v) is 6.88. The molecule has 10 heteroatoms. The molecule has 0 aliphatic carbocycles. The minimum Gasteiger partial charge on any atom is -0.383 e. The molecule has 0 unspecified atom stereocenters. The molecule has 0 atom stereocenters. The summed E-state index contributed by atoms with van der Waals surface area (Å²) >= 11 is 0. The van der Waals surface area contributed by atoms with Crippen molar-refractivity contribution in [1.29, 1.82) is 0 Å². The van der Waals surface area contributed by atoms with E-state index in [0.717, 1.165) is 44.6 Å². The van der Waals surface area contributed by atoms with E-state index in [1.54, 1.807) is 0 Å². The first-order valence-corrected chi connectivity index (χ1v) is 13.9. The van der Waals surface area contributed by atoms with Gasteiger partial charge in [-0.1, -0.05) is 53.6 Å². The van der Waals surface area contributed by atoms with Crippen LogP contribution in [0.4, 0.5) is 11.6 Å². The highest BCUT2D eigenvalue weighted by Gasteiger charge is 2.25. The molecule has 0 aliphatic heterocycles. The Morgan fingerprint density at radius 1 is 0.571 bits per heavy atom. The number of hydrogen-bond acceptors (Lipinski definition) is 8. The highest BCUT2D eigenvalue weighted by Crippen LogP contribution is 2.34. The number of rotatable bonds is 2. The molecule has 2 aromatic carbocycles. The number of hydrogen-bond donors (Lipinski definition) is 2. The molecule has 216 valence electrons. The van der Waals surface area contributed by atoms with Crippen molar-refractivity contribution in [2.75, 3.05) is 11.5 Å². The number of anilines is 2. The van der Waals surface area contributed by atoms with Crippen molar-refractivity contribution in [3.8, 4) is 22.5 Å². The molecule has 0 amide bonds. The minimum atomic E-state index is -0.179. The average Bonchev–Trinajstić information content (AvgIpc) is 3.51. The van der Waals surface area contributed by atoms with Crippen molar-refractivity contribution in [3.05, 3.63) is 72.3 Å². The third-order valence-electron chi connectivity index (χ3n) is 6.88. The van der Waals surface area contributed by atoms with Gasteiger partial charge in [-0.2, -0.15) is 10.2 Å². The van der Waals surface area contributed by atoms with Crippen LogP contribution in [0, 0.1) is 13.8 Å². The predicted molar refractivity (Wildman–Crippen MR) is 170 cm³/mol. The molecule has 0 saturated heterocycles. The van der Waals surface area contributed by atoms with E-state index in [1.807, 2.05) is 21.5 Å². The lowest BCUT2D eigenvalue weighted by Gasteiger charge is -2.19. The van der Waals surface area contributed by atoms with Crippen LogP contribution in [0.25, 0.3) is 44.6 Å². The Morgan fingerprint density at radius 3 is 1.50 bits per heavy atom. The zero-order valence-electron chi connectivity index (χ0n) is 25.5. The fourth-order valence-electron chi connectivity index (χ4n) is 4.79. The van der Waals surface area contributed by atoms with E-state index in [1.165, 1.54) is 23.8 Å². The number of aromatic nitrogens is 8. The first-order valence-electron chi connectivity index (χ1n) is 13.9. The topological polar surface area (TPSA) is 139 Å². The van der Waals surface area contributed by atoms with Gasteiger partial charge >= 0.3 is 0 Å². The van der Waals surface area contributed by atoms with Crippen molar-refractivity contribution >= 4 is 33.7 Å². The number of benzene rings is 2. The molecule has 6 rings (SSSR count). The summed E-state index contributed by atoms with van der Waals surface area (Å²) in [6.45, 7) is 16.7. The van der Waals surface area contributed by atoms with Gasteiger partial charge in [0.25, 0.3) is 0 Å². The second kappa shape index (κ2) is 10.5. The lowest BCUT2D eigenvalue weighted by Crippen LogP contribution is -2.23. The van der Waals surface area contributed by atoms with Gasteiger partial charge in [-0.05, 0) is 61.5 Å². The fourth-order valence-corrected chi connectivity index (χ4v) is 4.79. The first kappa shape index (κ1) is 28.7. The van der Waals surface area contributed by atoms with Crippen LogP contribution in [0.3, 0.4) is 0 Å². The van der Waals surface area contributed by atoms with Gasteiger partial charge in [0.1, 0.15) is 35.7 Å². The number of nitrogen functional groups attached to an aromatic ring is 2. The van der Waals surface area contributed by atoms with E-state index in [2.05, 4.69) is 112 Å². The molecule has 4 N–H and O–H groups in total. The van der Waals surface area contributed by atoms with Crippen LogP contribution in [0.2, 0.25) is 0 Å². The third kappa shape index (κ3) is 5.39. The Kier molecular flexibility index (Phi) is 7.18. The van der Waals surface area contributed by atoms with Gasteiger partial charge in [0.15, 0.2) is 11.3 Å². The number of fused-ring (bicyclic) bond motifs is 2. The molecular formula is C32H38N10. The largest absolute Gasteiger partial charge is 0.383 e. The number of aryl methyl sites for hydroxylation is 2. The Hall–Kier alpha value is -4.86. The molecule has 0 aliphatic rings. The average molecular weight is 563 g/mol. The monoisotopic (exact) mass is 562 g/mol. The number of nitrogens with zero attached hydrogens (tertiary/aromatic N) is 8. The molecule has 6 aromatic rings. The van der Waals surface area contributed by atoms with Crippen molar-refractivity contribution in [3.63, 3.8) is 0 Å². The van der Waals surface area contributed by atoms with Gasteiger partial charge in [0, 0.05) is 11.1 Å². The molecule has 4 aromatic heterocycles. The van der Waals surface area contributed by atoms with Gasteiger partial charge in [-0.3, -0.25) is 0 Å². The van der Waals surface area contributed by atoms with Gasteiger partial charge in [-0.15, -0.1) is 0 Å². The van der Waals surface area contributed by atoms with E-state index in [-0.39, 0.29) is 11.1 Å². The molecule has 0 bridgehead atoms. The standard InChI is InChI=1S/2C16H19N5/c1-10-5-7-11(8-6-10)13-12-14(17)18-9-19-15(12)21(20-13)16(2,3)4;1-10-6-5-7-11(8-10)13-12-14(17)18-9-19-15(12)21(20-13)16(2,3)4/h2*5-9H,1-4H3,(H2,17,18,19). The maximum atomic E-state index is 6.08. The van der Waals surface area contributed by atoms with Gasteiger partial charge < -0.3 is 11.5 Å². The second-order valence-corrected chi connectivity index (χ2v) is 12.5. The van der Waals surface area contributed by atoms with Gasteiger partial charge in [-0.25, -0.2) is 29.3 Å². The quantitative estimate of drug-likeness (QED) is 0.251. The first-order chi connectivity index (χ1) is 19.8. The minimum absolute atomic E-state index is 0.179. The van der Waals surface area contributed by atoms with Crippen LogP contribution in [0.1, 0.15) is 52.7 Å². The maximum Gasteiger partial charge on any atom is 0.164 e. The molecule has 10 nitrogen and oxygen atoms in total. The second-order valence-electron chi connectivity index (χ2n) is 12.5. The Morgan fingerprint density at radius 2 is 1.05 bits per heavy atom. The van der Waals surface area contributed by atoms with E-state index in [9.17, 15) is 0 Å². The fraction of sp³-hybridized carbons (Fsp3) is 0.312. The molecule has 0 spiro atoms. The highest BCUT2D eigenvalue weighted by atomic mass is 15.4. The van der Waals surface area contributed by atoms with E-state index >= 15 is 0 Å². The molecule has 42 heavy (non-hydrogen) atoms. The summed E-state index contributed by atoms with van der Waals surface area (Å²) < 4.78 is 3.83. The summed E-state index contributed by atoms with van der Waals surface area (Å²) in [4.78, 5) is 17.0. The Balaban J connectivity index is 0.000000168. The normalized spacial score (nSPS) is 12.0. The molecule has 0 fully saturated rings. The summed E-state index contributed by atoms with van der Waals surface area (Å²) in [6, 6.07) is 16.5. The van der Waals surface area contributed by atoms with Crippen molar-refractivity contribution < 1.29 is 0 Å². The zero-order valence-corrected chi connectivity index (χ0v) is 25.5. The van der Waals surface area contributed by atoms with Crippen LogP contribution in [-0.4, -0.2) is 39.5 Å². The zero-order chi connectivity index (χ0) is 30.4.